The van der Waals surface area contributed by atoms with Gasteiger partial charge in [0.15, 0.2) is 5.82 Å². The van der Waals surface area contributed by atoms with Crippen molar-refractivity contribution in [3.63, 3.8) is 0 Å². The molecule has 0 radical (unpaired) electrons. The van der Waals surface area contributed by atoms with E-state index < -0.39 is 11.7 Å². The lowest BCUT2D eigenvalue weighted by Crippen LogP contribution is -2.16. The van der Waals surface area contributed by atoms with E-state index in [9.17, 15) is 14.4 Å². The minimum atomic E-state index is -0.606. The molecule has 0 spiro atoms. The molecule has 3 aromatic heterocycles. The number of aromatic nitrogens is 5. The molecule has 2 aliphatic rings. The number of fused-ring (bicyclic) bond motifs is 1. The molecule has 4 aromatic rings. The lowest BCUT2D eigenvalue weighted by Gasteiger charge is -2.12. The molecule has 35 heavy (non-hydrogen) atoms. The number of hydrogen-bond acceptors (Lipinski definition) is 5. The second kappa shape index (κ2) is 8.17. The summed E-state index contributed by atoms with van der Waals surface area (Å²) in [5.74, 6) is 0.148. The van der Waals surface area contributed by atoms with Gasteiger partial charge in [-0.2, -0.15) is 5.26 Å². The number of aryl methyl sites for hydroxylation is 2. The standard InChI is InChI=1S/C26H22FN7O/c1-15-9-20(27)19(10-23(15)33-13-22(30-14-33)16-5-6-16)26(35)32-24-4-2-3-21(31-24)25-29-12-18-8-7-17(11-28)34(18)25/h2-4,9-10,12-14,16-17H,5-8H2,1H3,(H,31,32,35)/t17-/m1/s1. The first-order valence-electron chi connectivity index (χ1n) is 11.6. The van der Waals surface area contributed by atoms with E-state index in [1.165, 1.54) is 6.07 Å². The maximum absolute atomic E-state index is 14.8. The van der Waals surface area contributed by atoms with Gasteiger partial charge in [-0.15, -0.1) is 0 Å². The van der Waals surface area contributed by atoms with Crippen LogP contribution in [0.25, 0.3) is 17.2 Å². The molecule has 0 saturated heterocycles. The SMILES string of the molecule is Cc1cc(F)c(C(=O)Nc2cccc(-c3ncc4n3[C@@H](C#N)CC4)n2)cc1-n1cnc(C2CC2)c1. The molecule has 9 heteroatoms. The minimum Gasteiger partial charge on any atom is -0.310 e. The summed E-state index contributed by atoms with van der Waals surface area (Å²) in [6, 6.07) is 10.1. The Kier molecular flexibility index (Phi) is 4.95. The van der Waals surface area contributed by atoms with Crippen molar-refractivity contribution in [1.82, 2.24) is 24.1 Å². The van der Waals surface area contributed by atoms with E-state index >= 15 is 0 Å². The van der Waals surface area contributed by atoms with Gasteiger partial charge >= 0.3 is 0 Å². The molecule has 4 heterocycles. The highest BCUT2D eigenvalue weighted by molar-refractivity contribution is 6.04. The minimum absolute atomic E-state index is 0.0780. The van der Waals surface area contributed by atoms with Gasteiger partial charge < -0.3 is 14.5 Å². The number of nitrogens with zero attached hydrogens (tertiary/aromatic N) is 6. The number of halogens is 1. The quantitative estimate of drug-likeness (QED) is 0.458. The maximum atomic E-state index is 14.8. The number of hydrogen-bond donors (Lipinski definition) is 1. The van der Waals surface area contributed by atoms with Crippen molar-refractivity contribution >= 4 is 11.7 Å². The Morgan fingerprint density at radius 1 is 1.23 bits per heavy atom. The zero-order chi connectivity index (χ0) is 24.1. The smallest absolute Gasteiger partial charge is 0.259 e. The second-order valence-electron chi connectivity index (χ2n) is 9.09. The summed E-state index contributed by atoms with van der Waals surface area (Å²) in [5.41, 5.74) is 3.87. The molecule has 1 fully saturated rings. The van der Waals surface area contributed by atoms with Crippen molar-refractivity contribution in [2.75, 3.05) is 5.32 Å². The number of nitriles is 1. The molecule has 1 aromatic carbocycles. The third-order valence-corrected chi connectivity index (χ3v) is 6.63. The molecule has 1 amide bonds. The van der Waals surface area contributed by atoms with Crippen LogP contribution in [0.3, 0.4) is 0 Å². The van der Waals surface area contributed by atoms with Crippen molar-refractivity contribution in [2.45, 2.75) is 44.6 Å². The summed E-state index contributed by atoms with van der Waals surface area (Å²) >= 11 is 0. The van der Waals surface area contributed by atoms with Gasteiger partial charge in [0, 0.05) is 24.0 Å². The van der Waals surface area contributed by atoms with Crippen LogP contribution in [0.5, 0.6) is 0 Å². The van der Waals surface area contributed by atoms with Gasteiger partial charge in [0.2, 0.25) is 0 Å². The van der Waals surface area contributed by atoms with E-state index in [0.29, 0.717) is 28.7 Å². The number of amides is 1. The Morgan fingerprint density at radius 3 is 2.89 bits per heavy atom. The van der Waals surface area contributed by atoms with Crippen LogP contribution < -0.4 is 5.32 Å². The molecule has 1 aliphatic carbocycles. The molecule has 1 atom stereocenters. The number of imidazole rings is 2. The van der Waals surface area contributed by atoms with Crippen molar-refractivity contribution in [1.29, 1.82) is 5.26 Å². The van der Waals surface area contributed by atoms with E-state index in [1.807, 2.05) is 15.3 Å². The Hall–Kier alpha value is -4.32. The number of rotatable bonds is 5. The van der Waals surface area contributed by atoms with Gasteiger partial charge in [-0.1, -0.05) is 6.07 Å². The monoisotopic (exact) mass is 467 g/mol. The molecule has 174 valence electrons. The van der Waals surface area contributed by atoms with Crippen LogP contribution in [0.15, 0.2) is 49.1 Å². The predicted molar refractivity (Wildman–Crippen MR) is 127 cm³/mol. The van der Waals surface area contributed by atoms with Crippen LogP contribution in [-0.2, 0) is 6.42 Å². The Labute approximate surface area is 201 Å². The van der Waals surface area contributed by atoms with Gasteiger partial charge in [-0.05, 0) is 62.4 Å². The lowest BCUT2D eigenvalue weighted by molar-refractivity contribution is 0.102. The molecule has 1 N–H and O–H groups in total. The second-order valence-corrected chi connectivity index (χ2v) is 9.09. The number of carbonyl (C=O) groups excluding carboxylic acids is 1. The molecule has 1 saturated carbocycles. The molecular formula is C26H22FN7O. The van der Waals surface area contributed by atoms with E-state index in [0.717, 1.165) is 37.1 Å². The van der Waals surface area contributed by atoms with Gasteiger partial charge in [0.05, 0.1) is 29.3 Å². The fourth-order valence-corrected chi connectivity index (χ4v) is 4.64. The normalized spacial score (nSPS) is 16.7. The summed E-state index contributed by atoms with van der Waals surface area (Å²) in [6.07, 6.45) is 9.21. The van der Waals surface area contributed by atoms with Crippen LogP contribution in [0.4, 0.5) is 10.2 Å². The summed E-state index contributed by atoms with van der Waals surface area (Å²) in [4.78, 5) is 26.5. The third-order valence-electron chi connectivity index (χ3n) is 6.63. The molecule has 1 aliphatic heterocycles. The molecule has 8 nitrogen and oxygen atoms in total. The van der Waals surface area contributed by atoms with E-state index in [4.69, 9.17) is 0 Å². The average molecular weight is 468 g/mol. The van der Waals surface area contributed by atoms with Gasteiger partial charge in [0.25, 0.3) is 5.91 Å². The summed E-state index contributed by atoms with van der Waals surface area (Å²) in [5, 5.41) is 12.2. The van der Waals surface area contributed by atoms with E-state index in [1.54, 1.807) is 43.7 Å². The first-order valence-corrected chi connectivity index (χ1v) is 11.6. The van der Waals surface area contributed by atoms with Crippen LogP contribution in [0.1, 0.15) is 58.5 Å². The van der Waals surface area contributed by atoms with Crippen LogP contribution >= 0.6 is 0 Å². The Morgan fingerprint density at radius 2 is 2.09 bits per heavy atom. The molecule has 0 bridgehead atoms. The first-order chi connectivity index (χ1) is 17.0. The largest absolute Gasteiger partial charge is 0.310 e. The molecule has 6 rings (SSSR count). The zero-order valence-electron chi connectivity index (χ0n) is 19.1. The topological polar surface area (TPSA) is 101 Å². The maximum Gasteiger partial charge on any atom is 0.259 e. The van der Waals surface area contributed by atoms with Crippen LogP contribution in [0.2, 0.25) is 0 Å². The van der Waals surface area contributed by atoms with Crippen molar-refractivity contribution < 1.29 is 9.18 Å². The van der Waals surface area contributed by atoms with E-state index in [2.05, 4.69) is 26.3 Å². The number of carbonyl (C=O) groups is 1. The summed E-state index contributed by atoms with van der Waals surface area (Å²) in [6.45, 7) is 1.80. The molecule has 0 unspecified atom stereocenters. The highest BCUT2D eigenvalue weighted by Gasteiger charge is 2.27. The number of anilines is 1. The van der Waals surface area contributed by atoms with Gasteiger partial charge in [-0.3, -0.25) is 4.79 Å². The number of pyridine rings is 1. The van der Waals surface area contributed by atoms with Crippen molar-refractivity contribution in [3.8, 4) is 23.3 Å². The first kappa shape index (κ1) is 21.2. The van der Waals surface area contributed by atoms with Crippen molar-refractivity contribution in [3.05, 3.63) is 77.4 Å². The van der Waals surface area contributed by atoms with E-state index in [-0.39, 0.29) is 17.4 Å². The van der Waals surface area contributed by atoms with Gasteiger partial charge in [-0.25, -0.2) is 19.3 Å². The summed E-state index contributed by atoms with van der Waals surface area (Å²) < 4.78 is 18.6. The number of benzene rings is 1. The third kappa shape index (κ3) is 3.77. The molecular weight excluding hydrogens is 445 g/mol. The predicted octanol–water partition coefficient (Wildman–Crippen LogP) is 4.72. The van der Waals surface area contributed by atoms with Crippen LogP contribution in [-0.4, -0.2) is 30.0 Å². The van der Waals surface area contributed by atoms with Crippen LogP contribution in [0, 0.1) is 24.1 Å². The fraction of sp³-hybridized carbons (Fsp3) is 0.269. The summed E-state index contributed by atoms with van der Waals surface area (Å²) in [7, 11) is 0. The highest BCUT2D eigenvalue weighted by Crippen LogP contribution is 2.39. The van der Waals surface area contributed by atoms with Crippen molar-refractivity contribution in [2.24, 2.45) is 0 Å². The highest BCUT2D eigenvalue weighted by atomic mass is 19.1. The van der Waals surface area contributed by atoms with Gasteiger partial charge in [0.1, 0.15) is 23.4 Å². The lowest BCUT2D eigenvalue weighted by atomic mass is 10.1. The number of nitrogens with one attached hydrogen (secondary N) is 1. The Balaban J connectivity index is 1.28. The fourth-order valence-electron chi connectivity index (χ4n) is 4.64. The zero-order valence-corrected chi connectivity index (χ0v) is 19.1. The average Bonchev–Trinajstić information content (AvgIpc) is 3.25. The Bertz CT molecular complexity index is 1510.